The van der Waals surface area contributed by atoms with Crippen LogP contribution in [0.2, 0.25) is 0 Å². The zero-order chi connectivity index (χ0) is 29.7. The Morgan fingerprint density at radius 1 is 0.881 bits per heavy atom. The number of hydrogen-bond acceptors (Lipinski definition) is 8. The summed E-state index contributed by atoms with van der Waals surface area (Å²) in [6.07, 6.45) is 7.71. The molecule has 4 atom stereocenters. The Morgan fingerprint density at radius 3 is 2.36 bits per heavy atom. The smallest absolute Gasteiger partial charge is 0.160 e. The monoisotopic (exact) mass is 584 g/mol. The minimum atomic E-state index is -0.522. The molecule has 0 spiro atoms. The fourth-order valence-electron chi connectivity index (χ4n) is 5.96. The van der Waals surface area contributed by atoms with E-state index in [1.165, 1.54) is 30.4 Å². The number of nitrogens with one attached hydrogen (secondary N) is 1. The van der Waals surface area contributed by atoms with Gasteiger partial charge in [-0.15, -0.1) is 0 Å². The first kappa shape index (κ1) is 32.6. The van der Waals surface area contributed by atoms with Crippen molar-refractivity contribution < 1.29 is 28.8 Å². The van der Waals surface area contributed by atoms with Gasteiger partial charge in [0, 0.05) is 31.7 Å². The van der Waals surface area contributed by atoms with E-state index < -0.39 is 6.10 Å². The molecule has 2 fully saturated rings. The molecule has 2 aromatic rings. The number of rotatable bonds is 17. The molecule has 42 heavy (non-hydrogen) atoms. The third-order valence-corrected chi connectivity index (χ3v) is 8.36. The van der Waals surface area contributed by atoms with Crippen LogP contribution in [0.1, 0.15) is 57.1 Å². The molecule has 1 aliphatic heterocycles. The minimum Gasteiger partial charge on any atom is -0.493 e. The number of likely N-dealkylation sites (tertiary alicyclic amines) is 1. The Kier molecular flexibility index (Phi) is 13.2. The van der Waals surface area contributed by atoms with E-state index in [0.29, 0.717) is 31.8 Å². The summed E-state index contributed by atoms with van der Waals surface area (Å²) in [6, 6.07) is 15.1. The molecule has 2 aliphatic rings. The Labute approximate surface area is 252 Å². The molecule has 1 unspecified atom stereocenters. The highest BCUT2D eigenvalue weighted by molar-refractivity contribution is 5.42. The summed E-state index contributed by atoms with van der Waals surface area (Å²) in [5.41, 5.74) is 2.43. The van der Waals surface area contributed by atoms with Gasteiger partial charge in [0.25, 0.3) is 0 Å². The predicted octanol–water partition coefficient (Wildman–Crippen LogP) is 4.65. The van der Waals surface area contributed by atoms with Gasteiger partial charge in [0.05, 0.1) is 39.6 Å². The van der Waals surface area contributed by atoms with E-state index in [2.05, 4.69) is 42.3 Å². The highest BCUT2D eigenvalue weighted by Crippen LogP contribution is 2.30. The van der Waals surface area contributed by atoms with Crippen molar-refractivity contribution in [3.8, 4) is 17.2 Å². The number of aliphatic hydroxyl groups is 1. The maximum Gasteiger partial charge on any atom is 0.160 e. The topological polar surface area (TPSA) is 81.7 Å². The first-order valence-electron chi connectivity index (χ1n) is 15.8. The molecule has 8 nitrogen and oxygen atoms in total. The summed E-state index contributed by atoms with van der Waals surface area (Å²) in [5.74, 6) is 2.30. The van der Waals surface area contributed by atoms with Crippen LogP contribution in [-0.4, -0.2) is 94.1 Å². The van der Waals surface area contributed by atoms with Crippen molar-refractivity contribution in [2.75, 3.05) is 53.7 Å². The fraction of sp³-hybridized carbons (Fsp3) is 0.647. The number of methoxy groups -OCH3 is 2. The molecule has 1 aliphatic carbocycles. The van der Waals surface area contributed by atoms with E-state index in [0.717, 1.165) is 56.0 Å². The lowest BCUT2D eigenvalue weighted by atomic mass is 9.91. The normalized spacial score (nSPS) is 21.9. The van der Waals surface area contributed by atoms with Crippen LogP contribution in [0.25, 0.3) is 0 Å². The average Bonchev–Trinajstić information content (AvgIpc) is 3.48. The van der Waals surface area contributed by atoms with Crippen LogP contribution >= 0.6 is 0 Å². The average molecular weight is 585 g/mol. The second kappa shape index (κ2) is 17.1. The SMILES string of the molecule is COc1ccc(CCO[C@@H]2CCCC[C@@H]2N2CC[C@@H](OCCc3ccc(OCC(O)CNC(C)C)cc3)C2)cc1OC. The zero-order valence-electron chi connectivity index (χ0n) is 26.1. The van der Waals surface area contributed by atoms with Crippen LogP contribution in [0.3, 0.4) is 0 Å². The molecule has 0 aromatic heterocycles. The standard InChI is InChI=1S/C34H52N2O6/c1-25(2)35-22-28(37)24-42-29-12-9-26(10-13-29)16-19-40-30-15-18-36(23-30)31-7-5-6-8-32(31)41-20-17-27-11-14-33(38-3)34(21-27)39-4/h9-14,21,25,28,30-32,35,37H,5-8,15-20,22-24H2,1-4H3/t28?,30-,31+,32-/m1/s1. The van der Waals surface area contributed by atoms with E-state index in [4.69, 9.17) is 23.7 Å². The summed E-state index contributed by atoms with van der Waals surface area (Å²) in [6.45, 7) is 8.43. The number of ether oxygens (including phenoxy) is 5. The number of benzene rings is 2. The number of aliphatic hydroxyl groups excluding tert-OH is 1. The molecule has 0 radical (unpaired) electrons. The Balaban J connectivity index is 1.15. The summed E-state index contributed by atoms with van der Waals surface area (Å²) in [5, 5.41) is 13.3. The summed E-state index contributed by atoms with van der Waals surface area (Å²) in [7, 11) is 3.34. The predicted molar refractivity (Wildman–Crippen MR) is 166 cm³/mol. The molecule has 8 heteroatoms. The fourth-order valence-corrected chi connectivity index (χ4v) is 5.96. The van der Waals surface area contributed by atoms with Crippen molar-refractivity contribution >= 4 is 0 Å². The minimum absolute atomic E-state index is 0.280. The lowest BCUT2D eigenvalue weighted by molar-refractivity contribution is -0.0343. The summed E-state index contributed by atoms with van der Waals surface area (Å²) < 4.78 is 29.4. The largest absolute Gasteiger partial charge is 0.493 e. The molecule has 1 saturated carbocycles. The molecule has 4 rings (SSSR count). The molecule has 2 aromatic carbocycles. The van der Waals surface area contributed by atoms with Gasteiger partial charge < -0.3 is 34.1 Å². The van der Waals surface area contributed by atoms with Crippen LogP contribution in [0, 0.1) is 0 Å². The molecule has 0 bridgehead atoms. The molecule has 2 N–H and O–H groups in total. The van der Waals surface area contributed by atoms with Crippen LogP contribution in [0.15, 0.2) is 42.5 Å². The van der Waals surface area contributed by atoms with Crippen LogP contribution in [0.4, 0.5) is 0 Å². The first-order chi connectivity index (χ1) is 20.4. The van der Waals surface area contributed by atoms with E-state index in [1.54, 1.807) is 14.2 Å². The van der Waals surface area contributed by atoms with Crippen molar-refractivity contribution in [2.24, 2.45) is 0 Å². The molecule has 1 saturated heterocycles. The van der Waals surface area contributed by atoms with Gasteiger partial charge in [0.1, 0.15) is 18.5 Å². The Hall–Kier alpha value is -2.36. The van der Waals surface area contributed by atoms with E-state index in [1.807, 2.05) is 24.3 Å². The highest BCUT2D eigenvalue weighted by Gasteiger charge is 2.35. The number of hydrogen-bond donors (Lipinski definition) is 2. The quantitative estimate of drug-likeness (QED) is 0.278. The van der Waals surface area contributed by atoms with E-state index >= 15 is 0 Å². The van der Waals surface area contributed by atoms with Crippen LogP contribution in [-0.2, 0) is 22.3 Å². The van der Waals surface area contributed by atoms with Crippen molar-refractivity contribution in [3.63, 3.8) is 0 Å². The lowest BCUT2D eigenvalue weighted by Crippen LogP contribution is -2.46. The molecule has 1 heterocycles. The van der Waals surface area contributed by atoms with Gasteiger partial charge >= 0.3 is 0 Å². The van der Waals surface area contributed by atoms with Gasteiger partial charge in [-0.2, -0.15) is 0 Å². The van der Waals surface area contributed by atoms with Crippen LogP contribution in [0.5, 0.6) is 17.2 Å². The Morgan fingerprint density at radius 2 is 1.60 bits per heavy atom. The van der Waals surface area contributed by atoms with Crippen molar-refractivity contribution in [1.82, 2.24) is 10.2 Å². The van der Waals surface area contributed by atoms with Gasteiger partial charge in [-0.1, -0.05) is 44.9 Å². The summed E-state index contributed by atoms with van der Waals surface area (Å²) >= 11 is 0. The third-order valence-electron chi connectivity index (χ3n) is 8.36. The van der Waals surface area contributed by atoms with Gasteiger partial charge in [-0.05, 0) is 67.5 Å². The van der Waals surface area contributed by atoms with E-state index in [9.17, 15) is 5.11 Å². The first-order valence-corrected chi connectivity index (χ1v) is 15.8. The highest BCUT2D eigenvalue weighted by atomic mass is 16.5. The van der Waals surface area contributed by atoms with Gasteiger partial charge in [-0.25, -0.2) is 0 Å². The lowest BCUT2D eigenvalue weighted by Gasteiger charge is -2.38. The van der Waals surface area contributed by atoms with Crippen molar-refractivity contribution in [3.05, 3.63) is 53.6 Å². The second-order valence-electron chi connectivity index (χ2n) is 11.9. The summed E-state index contributed by atoms with van der Waals surface area (Å²) in [4.78, 5) is 2.61. The second-order valence-corrected chi connectivity index (χ2v) is 11.9. The number of nitrogens with zero attached hydrogens (tertiary/aromatic N) is 1. The molecular formula is C34H52N2O6. The Bertz CT molecular complexity index is 1050. The third kappa shape index (κ3) is 10.1. The zero-order valence-corrected chi connectivity index (χ0v) is 26.1. The molecular weight excluding hydrogens is 532 g/mol. The van der Waals surface area contributed by atoms with Gasteiger partial charge in [0.2, 0.25) is 0 Å². The van der Waals surface area contributed by atoms with Gasteiger partial charge in [0.15, 0.2) is 11.5 Å². The molecule has 0 amide bonds. The maximum absolute atomic E-state index is 10.0. The van der Waals surface area contributed by atoms with E-state index in [-0.39, 0.29) is 18.8 Å². The molecule has 234 valence electrons. The van der Waals surface area contributed by atoms with Gasteiger partial charge in [-0.3, -0.25) is 4.90 Å². The van der Waals surface area contributed by atoms with Crippen LogP contribution < -0.4 is 19.5 Å². The van der Waals surface area contributed by atoms with Crippen molar-refractivity contribution in [1.29, 1.82) is 0 Å². The maximum atomic E-state index is 10.0. The van der Waals surface area contributed by atoms with Crippen molar-refractivity contribution in [2.45, 2.75) is 89.2 Å².